The van der Waals surface area contributed by atoms with Crippen molar-refractivity contribution in [2.75, 3.05) is 0 Å². The molecule has 0 heterocycles. The predicted octanol–water partition coefficient (Wildman–Crippen LogP) is 5.46. The molecule has 0 aromatic heterocycles. The van der Waals surface area contributed by atoms with Crippen LogP contribution in [0.1, 0.15) is 66.4 Å². The largest absolute Gasteiger partial charge is 0.423 e. The van der Waals surface area contributed by atoms with Crippen LogP contribution in [0.5, 0.6) is 5.75 Å². The van der Waals surface area contributed by atoms with Gasteiger partial charge in [-0.05, 0) is 73.1 Å². The van der Waals surface area contributed by atoms with E-state index in [4.69, 9.17) is 10.00 Å². The molecule has 0 bridgehead atoms. The van der Waals surface area contributed by atoms with Crippen LogP contribution in [0.2, 0.25) is 0 Å². The highest BCUT2D eigenvalue weighted by Crippen LogP contribution is 2.40. The van der Waals surface area contributed by atoms with Gasteiger partial charge in [-0.1, -0.05) is 31.9 Å². The Bertz CT molecular complexity index is 756. The van der Waals surface area contributed by atoms with Crippen molar-refractivity contribution < 1.29 is 9.53 Å². The molecule has 128 valence electrons. The summed E-state index contributed by atoms with van der Waals surface area (Å²) in [7, 11) is 0. The van der Waals surface area contributed by atoms with Crippen molar-refractivity contribution in [3.05, 3.63) is 65.2 Å². The van der Waals surface area contributed by atoms with Crippen LogP contribution in [0.4, 0.5) is 0 Å². The number of nitrogens with zero attached hydrogens (tertiary/aromatic N) is 1. The van der Waals surface area contributed by atoms with Gasteiger partial charge in [-0.3, -0.25) is 0 Å². The highest BCUT2D eigenvalue weighted by Gasteiger charge is 2.25. The summed E-state index contributed by atoms with van der Waals surface area (Å²) in [5, 5.41) is 8.79. The van der Waals surface area contributed by atoms with Crippen molar-refractivity contribution in [2.24, 2.45) is 5.92 Å². The Kier molecular flexibility index (Phi) is 5.50. The Morgan fingerprint density at radius 2 is 1.84 bits per heavy atom. The highest BCUT2D eigenvalue weighted by atomic mass is 16.5. The third kappa shape index (κ3) is 4.28. The number of ether oxygens (including phenoxy) is 1. The van der Waals surface area contributed by atoms with Crippen molar-refractivity contribution in [2.45, 2.75) is 44.9 Å². The molecule has 0 aliphatic heterocycles. The first-order valence-corrected chi connectivity index (χ1v) is 9.02. The maximum Gasteiger partial charge on any atom is 0.343 e. The third-order valence-corrected chi connectivity index (χ3v) is 5.05. The van der Waals surface area contributed by atoms with Gasteiger partial charge >= 0.3 is 5.97 Å². The number of nitriles is 1. The summed E-state index contributed by atoms with van der Waals surface area (Å²) < 4.78 is 5.37. The second kappa shape index (κ2) is 7.98. The van der Waals surface area contributed by atoms with E-state index in [1.165, 1.54) is 37.7 Å². The van der Waals surface area contributed by atoms with Gasteiger partial charge in [0, 0.05) is 0 Å². The van der Waals surface area contributed by atoms with Gasteiger partial charge in [0.25, 0.3) is 0 Å². The lowest BCUT2D eigenvalue weighted by Crippen LogP contribution is -2.08. The number of benzene rings is 2. The van der Waals surface area contributed by atoms with Gasteiger partial charge < -0.3 is 4.74 Å². The van der Waals surface area contributed by atoms with E-state index in [9.17, 15) is 4.79 Å². The molecule has 0 amide bonds. The van der Waals surface area contributed by atoms with E-state index in [0.29, 0.717) is 22.8 Å². The third-order valence-electron chi connectivity index (χ3n) is 5.05. The molecule has 0 saturated heterocycles. The molecule has 2 aromatic rings. The topological polar surface area (TPSA) is 50.1 Å². The van der Waals surface area contributed by atoms with Crippen LogP contribution >= 0.6 is 0 Å². The number of carbonyl (C=O) groups is 1. The van der Waals surface area contributed by atoms with Gasteiger partial charge in [0.1, 0.15) is 5.75 Å². The molecule has 1 aliphatic rings. The van der Waals surface area contributed by atoms with Crippen molar-refractivity contribution in [3.8, 4) is 11.8 Å². The van der Waals surface area contributed by atoms with Crippen LogP contribution in [-0.2, 0) is 0 Å². The van der Waals surface area contributed by atoms with Crippen LogP contribution in [0.25, 0.3) is 0 Å². The van der Waals surface area contributed by atoms with Crippen LogP contribution in [-0.4, -0.2) is 5.97 Å². The van der Waals surface area contributed by atoms with E-state index < -0.39 is 0 Å². The van der Waals surface area contributed by atoms with Crippen molar-refractivity contribution in [1.29, 1.82) is 5.26 Å². The first-order chi connectivity index (χ1) is 12.2. The second-order valence-corrected chi connectivity index (χ2v) is 6.81. The summed E-state index contributed by atoms with van der Waals surface area (Å²) in [5.41, 5.74) is 2.42. The molecule has 3 rings (SSSR count). The lowest BCUT2D eigenvalue weighted by molar-refractivity contribution is 0.0734. The first-order valence-electron chi connectivity index (χ1n) is 9.02. The monoisotopic (exact) mass is 333 g/mol. The fraction of sp³-hybridized carbons (Fsp3) is 0.364. The number of hydrogen-bond acceptors (Lipinski definition) is 3. The summed E-state index contributed by atoms with van der Waals surface area (Å²) >= 11 is 0. The maximum absolute atomic E-state index is 12.3. The Balaban J connectivity index is 1.61. The Morgan fingerprint density at radius 1 is 1.12 bits per heavy atom. The zero-order valence-electron chi connectivity index (χ0n) is 14.6. The smallest absolute Gasteiger partial charge is 0.343 e. The van der Waals surface area contributed by atoms with Crippen LogP contribution in [0.15, 0.2) is 48.5 Å². The average molecular weight is 333 g/mol. The van der Waals surface area contributed by atoms with E-state index in [1.807, 2.05) is 18.2 Å². The first kappa shape index (κ1) is 17.2. The summed E-state index contributed by atoms with van der Waals surface area (Å²) in [5.74, 6) is 1.56. The van der Waals surface area contributed by atoms with Gasteiger partial charge in [-0.25, -0.2) is 4.79 Å². The average Bonchev–Trinajstić information content (AvgIpc) is 3.11. The zero-order valence-corrected chi connectivity index (χ0v) is 14.6. The molecule has 2 atom stereocenters. The maximum atomic E-state index is 12.3. The van der Waals surface area contributed by atoms with Gasteiger partial charge in [-0.15, -0.1) is 0 Å². The molecule has 3 nitrogen and oxygen atoms in total. The quantitative estimate of drug-likeness (QED) is 0.539. The fourth-order valence-corrected chi connectivity index (χ4v) is 3.70. The summed E-state index contributed by atoms with van der Waals surface area (Å²) in [6.45, 7) is 2.25. The van der Waals surface area contributed by atoms with Gasteiger partial charge in [0.15, 0.2) is 0 Å². The van der Waals surface area contributed by atoms with Crippen LogP contribution < -0.4 is 4.74 Å². The Hall–Kier alpha value is -2.60. The molecule has 1 aliphatic carbocycles. The van der Waals surface area contributed by atoms with Crippen LogP contribution in [0, 0.1) is 17.2 Å². The van der Waals surface area contributed by atoms with E-state index in [2.05, 4.69) is 19.1 Å². The molecule has 1 saturated carbocycles. The van der Waals surface area contributed by atoms with Crippen molar-refractivity contribution in [3.63, 3.8) is 0 Å². The number of rotatable bonds is 5. The van der Waals surface area contributed by atoms with Crippen molar-refractivity contribution >= 4 is 5.97 Å². The van der Waals surface area contributed by atoms with E-state index in [-0.39, 0.29) is 5.97 Å². The van der Waals surface area contributed by atoms with Gasteiger partial charge in [0.2, 0.25) is 0 Å². The van der Waals surface area contributed by atoms with E-state index in [1.54, 1.807) is 24.3 Å². The molecule has 25 heavy (non-hydrogen) atoms. The molecule has 0 radical (unpaired) electrons. The number of esters is 1. The molecule has 0 unspecified atom stereocenters. The SMILES string of the molecule is CCC[C@@H]1CC[C@H](c2ccc(C(=O)Oc3ccc(C#N)cc3)cc2)C1. The minimum atomic E-state index is -0.369. The molecule has 0 N–H and O–H groups in total. The highest BCUT2D eigenvalue weighted by molar-refractivity contribution is 5.91. The van der Waals surface area contributed by atoms with Crippen molar-refractivity contribution in [1.82, 2.24) is 0 Å². The second-order valence-electron chi connectivity index (χ2n) is 6.81. The lowest BCUT2D eigenvalue weighted by Gasteiger charge is -2.12. The molecular formula is C22H23NO2. The van der Waals surface area contributed by atoms with Gasteiger partial charge in [-0.2, -0.15) is 5.26 Å². The predicted molar refractivity (Wildman–Crippen MR) is 97.5 cm³/mol. The normalized spacial score (nSPS) is 19.4. The molecule has 3 heteroatoms. The summed E-state index contributed by atoms with van der Waals surface area (Å²) in [6.07, 6.45) is 6.42. The number of carbonyl (C=O) groups excluding carboxylic acids is 1. The van der Waals surface area contributed by atoms with E-state index >= 15 is 0 Å². The lowest BCUT2D eigenvalue weighted by atomic mass is 9.94. The Labute approximate surface area is 149 Å². The van der Waals surface area contributed by atoms with E-state index in [0.717, 1.165) is 5.92 Å². The minimum absolute atomic E-state index is 0.369. The summed E-state index contributed by atoms with van der Waals surface area (Å²) in [6, 6.07) is 16.4. The molecule has 1 fully saturated rings. The zero-order chi connectivity index (χ0) is 17.6. The summed E-state index contributed by atoms with van der Waals surface area (Å²) in [4.78, 5) is 12.3. The molecule has 2 aromatic carbocycles. The minimum Gasteiger partial charge on any atom is -0.423 e. The van der Waals surface area contributed by atoms with Crippen LogP contribution in [0.3, 0.4) is 0 Å². The molecular weight excluding hydrogens is 310 g/mol. The Morgan fingerprint density at radius 3 is 2.48 bits per heavy atom. The number of hydrogen-bond donors (Lipinski definition) is 0. The fourth-order valence-electron chi connectivity index (χ4n) is 3.70. The standard InChI is InChI=1S/C22H23NO2/c1-2-3-16-4-7-20(14-16)18-8-10-19(11-9-18)22(24)25-21-12-5-17(15-23)6-13-21/h5-6,8-13,16,20H,2-4,7,14H2,1H3/t16-,20+/m1/s1. The molecule has 0 spiro atoms. The van der Waals surface area contributed by atoms with Gasteiger partial charge in [0.05, 0.1) is 17.2 Å².